The summed E-state index contributed by atoms with van der Waals surface area (Å²) >= 11 is 1.58. The summed E-state index contributed by atoms with van der Waals surface area (Å²) in [5.74, 6) is -2.36. The Labute approximate surface area is 188 Å². The van der Waals surface area contributed by atoms with E-state index in [0.717, 1.165) is 0 Å². The summed E-state index contributed by atoms with van der Waals surface area (Å²) in [5.41, 5.74) is 12.0. The Bertz CT molecular complexity index is 642. The van der Waals surface area contributed by atoms with Gasteiger partial charge in [-0.3, -0.25) is 0 Å². The van der Waals surface area contributed by atoms with Crippen LogP contribution in [0.1, 0.15) is 66.2 Å². The van der Waals surface area contributed by atoms with Crippen molar-refractivity contribution in [3.8, 4) is 0 Å². The van der Waals surface area contributed by atoms with Gasteiger partial charge in [-0.1, -0.05) is 24.3 Å². The minimum Gasteiger partial charge on any atom is -0.545 e. The first-order chi connectivity index (χ1) is 13.8. The molecule has 0 aliphatic heterocycles. The van der Waals surface area contributed by atoms with E-state index in [2.05, 4.69) is 6.92 Å². The number of anilines is 2. The van der Waals surface area contributed by atoms with Crippen molar-refractivity contribution in [2.24, 2.45) is 0 Å². The molecule has 2 aromatic carbocycles. The maximum absolute atomic E-state index is 10.2. The number of hydrogen-bond donors (Lipinski definition) is 2. The predicted octanol–water partition coefficient (Wildman–Crippen LogP) is 2.20. The normalized spacial score (nSPS) is 9.41. The summed E-state index contributed by atoms with van der Waals surface area (Å²) in [7, 11) is 0. The number of nitrogens with two attached hydrogens (primary N) is 2. The molecule has 0 amide bonds. The van der Waals surface area contributed by atoms with E-state index in [1.54, 1.807) is 24.7 Å². The Balaban J connectivity index is 0.000000407. The fourth-order valence-corrected chi connectivity index (χ4v) is 3.00. The van der Waals surface area contributed by atoms with Crippen LogP contribution in [0.15, 0.2) is 48.5 Å². The molecule has 6 nitrogen and oxygen atoms in total. The van der Waals surface area contributed by atoms with Crippen LogP contribution in [0.4, 0.5) is 11.4 Å². The first-order valence-electron chi connectivity index (χ1n) is 9.56. The molecule has 0 bridgehead atoms. The number of aromatic carboxylic acids is 2. The zero-order valence-corrected chi connectivity index (χ0v) is 20.3. The molecule has 0 unspecified atom stereocenters. The monoisotopic (exact) mass is 594 g/mol. The summed E-state index contributed by atoms with van der Waals surface area (Å²) in [6, 6.07) is 11.7. The fraction of sp³-hybridized carbons (Fsp3) is 0.364. The van der Waals surface area contributed by atoms with Gasteiger partial charge in [-0.25, -0.2) is 0 Å². The number of carbonyl (C=O) groups is 2. The van der Waals surface area contributed by atoms with E-state index in [0.29, 0.717) is 11.4 Å². The van der Waals surface area contributed by atoms with E-state index in [-0.39, 0.29) is 11.1 Å². The fourth-order valence-electron chi connectivity index (χ4n) is 2.13. The van der Waals surface area contributed by atoms with Crippen LogP contribution in [0.2, 0.25) is 4.13 Å². The Morgan fingerprint density at radius 3 is 1.38 bits per heavy atom. The predicted molar refractivity (Wildman–Crippen MR) is 114 cm³/mol. The van der Waals surface area contributed by atoms with E-state index in [1.165, 1.54) is 91.2 Å². The van der Waals surface area contributed by atoms with Gasteiger partial charge in [0.1, 0.15) is 0 Å². The summed E-state index contributed by atoms with van der Waals surface area (Å²) in [5, 5.41) is 20.3. The van der Waals surface area contributed by atoms with Crippen LogP contribution >= 0.6 is 0 Å². The molecule has 0 saturated heterocycles. The van der Waals surface area contributed by atoms with Crippen molar-refractivity contribution in [2.45, 2.75) is 49.6 Å². The van der Waals surface area contributed by atoms with Gasteiger partial charge in [0.25, 0.3) is 0 Å². The molecule has 0 atom stereocenters. The number of benzene rings is 2. The molecule has 0 fully saturated rings. The molecule has 29 heavy (non-hydrogen) atoms. The van der Waals surface area contributed by atoms with Crippen molar-refractivity contribution in [1.29, 1.82) is 0 Å². The molecule has 0 heterocycles. The van der Waals surface area contributed by atoms with Crippen molar-refractivity contribution in [1.82, 2.24) is 0 Å². The van der Waals surface area contributed by atoms with Crippen LogP contribution in [0, 0.1) is 0 Å². The summed E-state index contributed by atoms with van der Waals surface area (Å²) < 4.78 is 1.48. The second-order valence-corrected chi connectivity index (χ2v) is 8.05. The second kappa shape index (κ2) is 16.8. The van der Waals surface area contributed by atoms with Crippen molar-refractivity contribution >= 4 is 48.0 Å². The molecule has 2 aromatic rings. The van der Waals surface area contributed by atoms with Gasteiger partial charge in [-0.05, 0) is 35.4 Å². The average molecular weight is 594 g/mol. The van der Waals surface area contributed by atoms with Gasteiger partial charge >= 0.3 is 74.3 Å². The maximum Gasteiger partial charge on any atom is 0.0715 e. The molecule has 0 saturated carbocycles. The minimum atomic E-state index is -1.18. The first-order valence-corrected chi connectivity index (χ1v) is 12.0. The third-order valence-corrected chi connectivity index (χ3v) is 5.03. The Kier molecular flexibility index (Phi) is 15.5. The van der Waals surface area contributed by atoms with Crippen LogP contribution in [0.5, 0.6) is 0 Å². The molecular weight excluding hydrogens is 565 g/mol. The molecule has 0 spiro atoms. The van der Waals surface area contributed by atoms with Crippen LogP contribution in [0.3, 0.4) is 0 Å². The van der Waals surface area contributed by atoms with Gasteiger partial charge in [-0.15, -0.1) is 0 Å². The molecule has 2 rings (SSSR count). The van der Waals surface area contributed by atoms with Crippen LogP contribution in [-0.4, -0.2) is 36.7 Å². The van der Waals surface area contributed by atoms with Crippen molar-refractivity contribution in [3.63, 3.8) is 0 Å². The number of carboxylic acid groups (broad SMARTS) is 2. The van der Waals surface area contributed by atoms with Gasteiger partial charge in [0.15, 0.2) is 0 Å². The Hall–Kier alpha value is -2.14. The summed E-state index contributed by atoms with van der Waals surface area (Å²) in [6.45, 7) is 2.27. The maximum atomic E-state index is 10.2. The van der Waals surface area contributed by atoms with Gasteiger partial charge in [0.05, 0.1) is 11.9 Å². The zero-order chi connectivity index (χ0) is 22.1. The number of nitrogen functional groups attached to an aromatic ring is 2. The van der Waals surface area contributed by atoms with E-state index in [1.807, 2.05) is 0 Å². The van der Waals surface area contributed by atoms with E-state index in [4.69, 9.17) is 11.5 Å². The Morgan fingerprint density at radius 1 is 0.724 bits per heavy atom. The van der Waals surface area contributed by atoms with Crippen LogP contribution < -0.4 is 21.7 Å². The number of carboxylic acids is 2. The summed E-state index contributed by atoms with van der Waals surface area (Å²) in [6.07, 6.45) is 8.73. The molecule has 0 aliphatic carbocycles. The van der Waals surface area contributed by atoms with Crippen LogP contribution in [-0.2, 0) is 0 Å². The topological polar surface area (TPSA) is 132 Å². The number of hydrogen-bond acceptors (Lipinski definition) is 6. The quantitative estimate of drug-likeness (QED) is 0.274. The van der Waals surface area contributed by atoms with Gasteiger partial charge in [0.2, 0.25) is 0 Å². The van der Waals surface area contributed by atoms with Crippen LogP contribution in [0.25, 0.3) is 0 Å². The Morgan fingerprint density at radius 2 is 1.07 bits per heavy atom. The molecule has 4 N–H and O–H groups in total. The van der Waals surface area contributed by atoms with Gasteiger partial charge in [0, 0.05) is 11.4 Å². The number of rotatable bonds is 8. The molecule has 0 aliphatic rings. The van der Waals surface area contributed by atoms with Gasteiger partial charge < -0.3 is 31.3 Å². The molecular formula is C22H29BiN2O4. The SMILES string of the molecule is CCCCCCC[CH2][Bi+2].Nc1ccc(C(=O)[O-])cc1.Nc1ccc(C(=O)[O-])cc1. The molecule has 2 radical (unpaired) electrons. The molecule has 0 aromatic heterocycles. The van der Waals surface area contributed by atoms with Crippen molar-refractivity contribution in [2.75, 3.05) is 11.5 Å². The standard InChI is InChI=1S/C8H17.2C7H7NO2.Bi/c1-3-5-7-8-6-4-2;2*8-6-3-1-5(2-4-6)7(9)10;/h1,3-8H2,2H3;2*1-4H,8H2,(H,9,10);/q;;;+2/p-2. The number of carbonyl (C=O) groups excluding carboxylic acids is 2. The third kappa shape index (κ3) is 14.5. The third-order valence-electron chi connectivity index (χ3n) is 3.80. The van der Waals surface area contributed by atoms with Crippen molar-refractivity contribution in [3.05, 3.63) is 59.7 Å². The summed E-state index contributed by atoms with van der Waals surface area (Å²) in [4.78, 5) is 20.3. The second-order valence-electron chi connectivity index (χ2n) is 6.31. The van der Waals surface area contributed by atoms with E-state index >= 15 is 0 Å². The molecule has 156 valence electrons. The van der Waals surface area contributed by atoms with Gasteiger partial charge in [-0.2, -0.15) is 0 Å². The van der Waals surface area contributed by atoms with Crippen molar-refractivity contribution < 1.29 is 19.8 Å². The first kappa shape index (κ1) is 26.9. The van der Waals surface area contributed by atoms with E-state index in [9.17, 15) is 19.8 Å². The smallest absolute Gasteiger partial charge is 0.0715 e. The van der Waals surface area contributed by atoms with E-state index < -0.39 is 11.9 Å². The number of unbranched alkanes of at least 4 members (excludes halogenated alkanes) is 5. The largest absolute Gasteiger partial charge is 0.545 e. The minimum absolute atomic E-state index is 0.147. The molecule has 7 heteroatoms. The average Bonchev–Trinajstić information content (AvgIpc) is 2.69. The zero-order valence-electron chi connectivity index (χ0n) is 16.8.